The summed E-state index contributed by atoms with van der Waals surface area (Å²) in [6.07, 6.45) is 15.4. The molecule has 0 amide bonds. The number of hydrogen-bond acceptors (Lipinski definition) is 6. The van der Waals surface area contributed by atoms with Gasteiger partial charge in [0.2, 0.25) is 0 Å². The van der Waals surface area contributed by atoms with Crippen LogP contribution in [0.3, 0.4) is 0 Å². The van der Waals surface area contributed by atoms with Gasteiger partial charge in [-0.15, -0.1) is 0 Å². The molecular formula is C28H41N3O3. The third-order valence-electron chi connectivity index (χ3n) is 8.71. The van der Waals surface area contributed by atoms with E-state index in [2.05, 4.69) is 14.8 Å². The van der Waals surface area contributed by atoms with E-state index in [1.54, 1.807) is 13.4 Å². The van der Waals surface area contributed by atoms with Crippen LogP contribution in [0.2, 0.25) is 0 Å². The van der Waals surface area contributed by atoms with Crippen molar-refractivity contribution in [2.45, 2.75) is 70.3 Å². The molecule has 0 spiro atoms. The van der Waals surface area contributed by atoms with Crippen LogP contribution >= 0.6 is 0 Å². The number of pyridine rings is 1. The van der Waals surface area contributed by atoms with Crippen molar-refractivity contribution in [1.29, 1.82) is 0 Å². The molecule has 0 radical (unpaired) electrons. The Morgan fingerprint density at radius 1 is 1.00 bits per heavy atom. The molecule has 0 aromatic carbocycles. The summed E-state index contributed by atoms with van der Waals surface area (Å²) in [4.78, 5) is 22.3. The zero-order valence-corrected chi connectivity index (χ0v) is 20.8. The number of methoxy groups -OCH3 is 1. The number of fused-ring (bicyclic) bond motifs is 1. The van der Waals surface area contributed by atoms with Gasteiger partial charge < -0.3 is 14.1 Å². The van der Waals surface area contributed by atoms with Crippen molar-refractivity contribution in [3.63, 3.8) is 0 Å². The summed E-state index contributed by atoms with van der Waals surface area (Å²) in [5.41, 5.74) is 0.919. The van der Waals surface area contributed by atoms with Gasteiger partial charge >= 0.3 is 0 Å². The van der Waals surface area contributed by atoms with Crippen molar-refractivity contribution in [3.8, 4) is 0 Å². The molecule has 1 saturated heterocycles. The summed E-state index contributed by atoms with van der Waals surface area (Å²) >= 11 is 0. The van der Waals surface area contributed by atoms with E-state index in [9.17, 15) is 4.79 Å². The van der Waals surface area contributed by atoms with Crippen molar-refractivity contribution >= 4 is 22.6 Å². The summed E-state index contributed by atoms with van der Waals surface area (Å²) in [7, 11) is 1.80. The molecule has 6 heteroatoms. The number of Topliss-reactive ketones (excluding diaryl/α,β-unsaturated/α-hetero) is 1. The molecule has 3 aliphatic rings. The normalized spacial score (nSPS) is 28.6. The number of ether oxygens (including phenoxy) is 1. The zero-order valence-electron chi connectivity index (χ0n) is 20.8. The number of carbonyl (C=O) groups is 1. The predicted molar refractivity (Wildman–Crippen MR) is 135 cm³/mol. The SMILES string of the molecule is CO[C@@H]1CC[C@@H](CC(=O)CC2CCC(CCN3CCN(c4nccc5occc45)CC3)CC2)C1. The van der Waals surface area contributed by atoms with Crippen LogP contribution in [0.5, 0.6) is 0 Å². The van der Waals surface area contributed by atoms with Crippen molar-refractivity contribution in [3.05, 3.63) is 24.6 Å². The molecule has 3 fully saturated rings. The van der Waals surface area contributed by atoms with E-state index in [1.807, 2.05) is 18.3 Å². The van der Waals surface area contributed by atoms with Crippen LogP contribution in [0.1, 0.15) is 64.2 Å². The Balaban J connectivity index is 0.981. The third kappa shape index (κ3) is 5.83. The molecular weight excluding hydrogens is 426 g/mol. The molecule has 34 heavy (non-hydrogen) atoms. The number of ketones is 1. The van der Waals surface area contributed by atoms with Gasteiger partial charge in [0.1, 0.15) is 17.2 Å². The average Bonchev–Trinajstić information content (AvgIpc) is 3.53. The second kappa shape index (κ2) is 11.2. The van der Waals surface area contributed by atoms with E-state index < -0.39 is 0 Å². The van der Waals surface area contributed by atoms with Gasteiger partial charge in [-0.25, -0.2) is 4.98 Å². The van der Waals surface area contributed by atoms with Gasteiger partial charge in [-0.3, -0.25) is 9.69 Å². The van der Waals surface area contributed by atoms with Gasteiger partial charge in [-0.05, 0) is 75.0 Å². The Bertz CT molecular complexity index is 928. The first-order valence-electron chi connectivity index (χ1n) is 13.5. The van der Waals surface area contributed by atoms with Gasteiger partial charge in [-0.2, -0.15) is 0 Å². The standard InChI is InChI=1S/C28H41N3O3/c1-33-25-7-6-23(20-25)19-24(32)18-22-4-2-21(3-5-22)9-12-30-13-15-31(16-14-30)28-26-10-17-34-27(26)8-11-29-28/h8,10-11,17,21-23,25H,2-7,9,12-16,18-20H2,1H3/t21?,22?,23-,25+/m0/s1. The Kier molecular flexibility index (Phi) is 7.85. The number of aromatic nitrogens is 1. The van der Waals surface area contributed by atoms with E-state index in [0.29, 0.717) is 23.7 Å². The molecule has 2 atom stereocenters. The second-order valence-corrected chi connectivity index (χ2v) is 11.0. The minimum absolute atomic E-state index is 0.388. The molecule has 2 aliphatic carbocycles. The van der Waals surface area contributed by atoms with E-state index in [0.717, 1.165) is 74.6 Å². The zero-order chi connectivity index (χ0) is 23.3. The van der Waals surface area contributed by atoms with Crippen molar-refractivity contribution in [1.82, 2.24) is 9.88 Å². The Morgan fingerprint density at radius 2 is 1.74 bits per heavy atom. The molecule has 5 rings (SSSR count). The van der Waals surface area contributed by atoms with Crippen LogP contribution in [0, 0.1) is 17.8 Å². The first-order chi connectivity index (χ1) is 16.7. The van der Waals surface area contributed by atoms with E-state index in [1.165, 1.54) is 45.1 Å². The number of piperazine rings is 1. The lowest BCUT2D eigenvalue weighted by Crippen LogP contribution is -2.47. The molecule has 2 aromatic heterocycles. The summed E-state index contributed by atoms with van der Waals surface area (Å²) < 4.78 is 11.0. The van der Waals surface area contributed by atoms with Gasteiger partial charge in [-0.1, -0.05) is 12.8 Å². The quantitative estimate of drug-likeness (QED) is 0.498. The minimum atomic E-state index is 0.388. The summed E-state index contributed by atoms with van der Waals surface area (Å²) in [6.45, 7) is 5.46. The Morgan fingerprint density at radius 3 is 2.50 bits per heavy atom. The summed E-state index contributed by atoms with van der Waals surface area (Å²) in [6, 6.07) is 3.96. The lowest BCUT2D eigenvalue weighted by molar-refractivity contribution is -0.121. The minimum Gasteiger partial charge on any atom is -0.464 e. The molecule has 6 nitrogen and oxygen atoms in total. The summed E-state index contributed by atoms with van der Waals surface area (Å²) in [5.74, 6) is 3.60. The number of rotatable bonds is 9. The fraction of sp³-hybridized carbons (Fsp3) is 0.714. The van der Waals surface area contributed by atoms with E-state index >= 15 is 0 Å². The third-order valence-corrected chi connectivity index (χ3v) is 8.71. The molecule has 2 saturated carbocycles. The van der Waals surface area contributed by atoms with Crippen LogP contribution in [-0.4, -0.2) is 61.6 Å². The highest BCUT2D eigenvalue weighted by atomic mass is 16.5. The van der Waals surface area contributed by atoms with Crippen LogP contribution in [0.25, 0.3) is 11.0 Å². The fourth-order valence-electron chi connectivity index (χ4n) is 6.56. The first kappa shape index (κ1) is 23.8. The molecule has 0 N–H and O–H groups in total. The average molecular weight is 468 g/mol. The maximum absolute atomic E-state index is 12.6. The number of hydrogen-bond donors (Lipinski definition) is 0. The van der Waals surface area contributed by atoms with Gasteiger partial charge in [0, 0.05) is 52.3 Å². The predicted octanol–water partition coefficient (Wildman–Crippen LogP) is 5.31. The van der Waals surface area contributed by atoms with E-state index in [-0.39, 0.29) is 0 Å². The molecule has 0 unspecified atom stereocenters. The van der Waals surface area contributed by atoms with Crippen LogP contribution in [0.15, 0.2) is 29.0 Å². The van der Waals surface area contributed by atoms with Gasteiger partial charge in [0.05, 0.1) is 17.8 Å². The van der Waals surface area contributed by atoms with Crippen LogP contribution in [-0.2, 0) is 9.53 Å². The molecule has 2 aromatic rings. The topological polar surface area (TPSA) is 58.8 Å². The highest BCUT2D eigenvalue weighted by Crippen LogP contribution is 2.35. The number of nitrogens with zero attached hydrogens (tertiary/aromatic N) is 3. The van der Waals surface area contributed by atoms with E-state index in [4.69, 9.17) is 9.15 Å². The van der Waals surface area contributed by atoms with Crippen molar-refractivity contribution < 1.29 is 13.9 Å². The monoisotopic (exact) mass is 467 g/mol. The Labute approximate surface area is 204 Å². The number of furan rings is 1. The summed E-state index contributed by atoms with van der Waals surface area (Å²) in [5, 5.41) is 1.12. The van der Waals surface area contributed by atoms with Crippen LogP contribution < -0.4 is 4.90 Å². The highest BCUT2D eigenvalue weighted by molar-refractivity contribution is 5.88. The molecule has 1 aliphatic heterocycles. The maximum atomic E-state index is 12.6. The first-order valence-corrected chi connectivity index (χ1v) is 13.5. The van der Waals surface area contributed by atoms with Gasteiger partial charge in [0.15, 0.2) is 0 Å². The fourth-order valence-corrected chi connectivity index (χ4v) is 6.56. The largest absolute Gasteiger partial charge is 0.464 e. The molecule has 3 heterocycles. The lowest BCUT2D eigenvalue weighted by atomic mass is 9.78. The number of carbonyl (C=O) groups excluding carboxylic acids is 1. The van der Waals surface area contributed by atoms with Crippen LogP contribution in [0.4, 0.5) is 5.82 Å². The highest BCUT2D eigenvalue weighted by Gasteiger charge is 2.29. The Hall–Kier alpha value is -1.92. The second-order valence-electron chi connectivity index (χ2n) is 11.0. The van der Waals surface area contributed by atoms with Crippen molar-refractivity contribution in [2.24, 2.45) is 17.8 Å². The van der Waals surface area contributed by atoms with Gasteiger partial charge in [0.25, 0.3) is 0 Å². The maximum Gasteiger partial charge on any atom is 0.139 e. The number of anilines is 1. The lowest BCUT2D eigenvalue weighted by Gasteiger charge is -2.37. The van der Waals surface area contributed by atoms with Crippen molar-refractivity contribution in [2.75, 3.05) is 44.7 Å². The molecule has 186 valence electrons. The molecule has 0 bridgehead atoms. The smallest absolute Gasteiger partial charge is 0.139 e.